The Morgan fingerprint density at radius 3 is 2.24 bits per heavy atom. The second-order valence-corrected chi connectivity index (χ2v) is 10.6. The first-order valence-corrected chi connectivity index (χ1v) is 13.7. The van der Waals surface area contributed by atoms with Crippen molar-refractivity contribution >= 4 is 45.5 Å². The topological polar surface area (TPSA) is 84.9 Å². The number of rotatable bonds is 8. The van der Waals surface area contributed by atoms with Gasteiger partial charge in [0.2, 0.25) is 0 Å². The lowest BCUT2D eigenvalue weighted by atomic mass is 10.1. The number of urea groups is 1. The highest BCUT2D eigenvalue weighted by Crippen LogP contribution is 2.29. The minimum atomic E-state index is -0.823. The van der Waals surface area contributed by atoms with Crippen LogP contribution < -0.4 is 19.7 Å². The average molecular weight is 611 g/mol. The minimum absolute atomic E-state index is 0.192. The fraction of sp³-hybridized carbons (Fsp3) is 0.121. The van der Waals surface area contributed by atoms with Crippen molar-refractivity contribution in [2.24, 2.45) is 0 Å². The summed E-state index contributed by atoms with van der Waals surface area (Å²) in [7, 11) is 0. The molecule has 7 nitrogen and oxygen atoms in total. The molecule has 206 valence electrons. The first-order valence-electron chi connectivity index (χ1n) is 12.9. The van der Waals surface area contributed by atoms with Gasteiger partial charge in [0.05, 0.1) is 5.69 Å². The molecule has 0 radical (unpaired) electrons. The summed E-state index contributed by atoms with van der Waals surface area (Å²) >= 11 is 3.45. The van der Waals surface area contributed by atoms with Gasteiger partial charge in [-0.1, -0.05) is 75.6 Å². The van der Waals surface area contributed by atoms with Crippen molar-refractivity contribution < 1.29 is 23.9 Å². The number of amides is 4. The van der Waals surface area contributed by atoms with Crippen LogP contribution in [0.15, 0.2) is 101 Å². The van der Waals surface area contributed by atoms with Gasteiger partial charge in [-0.2, -0.15) is 0 Å². The van der Waals surface area contributed by atoms with Crippen molar-refractivity contribution in [3.8, 4) is 11.5 Å². The normalized spacial score (nSPS) is 14.3. The van der Waals surface area contributed by atoms with Crippen LogP contribution in [0.3, 0.4) is 0 Å². The van der Waals surface area contributed by atoms with Crippen molar-refractivity contribution in [2.75, 3.05) is 4.90 Å². The van der Waals surface area contributed by atoms with Gasteiger partial charge in [-0.3, -0.25) is 14.9 Å². The zero-order chi connectivity index (χ0) is 28.9. The average Bonchev–Trinajstić information content (AvgIpc) is 2.95. The molecule has 1 N–H and O–H groups in total. The quantitative estimate of drug-likeness (QED) is 0.173. The molecule has 1 aliphatic rings. The van der Waals surface area contributed by atoms with Crippen LogP contribution in [0, 0.1) is 13.8 Å². The molecular weight excluding hydrogens is 584 g/mol. The van der Waals surface area contributed by atoms with Crippen LogP contribution in [-0.4, -0.2) is 17.8 Å². The third-order valence-electron chi connectivity index (χ3n) is 6.47. The van der Waals surface area contributed by atoms with E-state index >= 15 is 0 Å². The highest BCUT2D eigenvalue weighted by molar-refractivity contribution is 9.10. The van der Waals surface area contributed by atoms with Crippen LogP contribution in [0.1, 0.15) is 27.8 Å². The number of barbiturate groups is 1. The fourth-order valence-corrected chi connectivity index (χ4v) is 4.70. The van der Waals surface area contributed by atoms with E-state index in [0.29, 0.717) is 36.0 Å². The van der Waals surface area contributed by atoms with Crippen molar-refractivity contribution in [1.29, 1.82) is 0 Å². The van der Waals surface area contributed by atoms with Crippen molar-refractivity contribution in [2.45, 2.75) is 27.1 Å². The Balaban J connectivity index is 1.35. The number of hydrogen-bond donors (Lipinski definition) is 1. The molecule has 1 fully saturated rings. The molecule has 0 bridgehead atoms. The standard InChI is InChI=1S/C33H27BrN2O5/c1-21-6-8-23(9-7-21)19-40-28-13-11-27(12-14-28)36-32(38)29(31(37)35-33(36)39)18-25-17-26(34)10-15-30(25)41-20-24-5-3-4-22(2)16-24/h3-18H,19-20H2,1-2H3,(H,35,37,39)/b29-18+. The summed E-state index contributed by atoms with van der Waals surface area (Å²) in [6.07, 6.45) is 1.44. The maximum absolute atomic E-state index is 13.5. The fourth-order valence-electron chi connectivity index (χ4n) is 4.32. The molecule has 0 aromatic heterocycles. The first-order chi connectivity index (χ1) is 19.8. The maximum atomic E-state index is 13.5. The number of ether oxygens (including phenoxy) is 2. The Morgan fingerprint density at radius 2 is 1.51 bits per heavy atom. The molecule has 0 unspecified atom stereocenters. The minimum Gasteiger partial charge on any atom is -0.489 e. The molecule has 5 rings (SSSR count). The lowest BCUT2D eigenvalue weighted by Gasteiger charge is -2.26. The summed E-state index contributed by atoms with van der Waals surface area (Å²) in [4.78, 5) is 39.9. The van der Waals surface area contributed by atoms with Gasteiger partial charge < -0.3 is 9.47 Å². The number of carbonyl (C=O) groups is 3. The van der Waals surface area contributed by atoms with E-state index in [1.165, 1.54) is 11.6 Å². The second-order valence-electron chi connectivity index (χ2n) is 9.69. The number of imide groups is 2. The zero-order valence-electron chi connectivity index (χ0n) is 22.5. The van der Waals surface area contributed by atoms with E-state index in [2.05, 4.69) is 21.2 Å². The van der Waals surface area contributed by atoms with Crippen molar-refractivity contribution in [3.05, 3.63) is 129 Å². The molecule has 8 heteroatoms. The second kappa shape index (κ2) is 12.2. The highest BCUT2D eigenvalue weighted by atomic mass is 79.9. The molecular formula is C33H27BrN2O5. The molecule has 1 aliphatic heterocycles. The predicted molar refractivity (Wildman–Crippen MR) is 161 cm³/mol. The molecule has 4 aromatic rings. The summed E-state index contributed by atoms with van der Waals surface area (Å²) < 4.78 is 12.6. The van der Waals surface area contributed by atoms with Crippen LogP contribution >= 0.6 is 15.9 Å². The highest BCUT2D eigenvalue weighted by Gasteiger charge is 2.37. The third-order valence-corrected chi connectivity index (χ3v) is 6.96. The van der Waals surface area contributed by atoms with Crippen LogP contribution in [0.4, 0.5) is 10.5 Å². The van der Waals surface area contributed by atoms with E-state index in [1.54, 1.807) is 36.4 Å². The molecule has 1 saturated heterocycles. The van der Waals surface area contributed by atoms with Gasteiger partial charge in [-0.15, -0.1) is 0 Å². The maximum Gasteiger partial charge on any atom is 0.335 e. The van der Waals surface area contributed by atoms with Gasteiger partial charge in [0.1, 0.15) is 30.3 Å². The van der Waals surface area contributed by atoms with Crippen LogP contribution in [0.25, 0.3) is 6.08 Å². The number of aryl methyl sites for hydroxylation is 2. The summed E-state index contributed by atoms with van der Waals surface area (Å²) in [6.45, 7) is 4.72. The number of carbonyl (C=O) groups excluding carboxylic acids is 3. The summed E-state index contributed by atoms with van der Waals surface area (Å²) in [5.41, 5.74) is 4.92. The van der Waals surface area contributed by atoms with E-state index < -0.39 is 17.8 Å². The lowest BCUT2D eigenvalue weighted by Crippen LogP contribution is -2.54. The molecule has 0 saturated carbocycles. The Hall–Kier alpha value is -4.69. The van der Waals surface area contributed by atoms with E-state index in [4.69, 9.17) is 9.47 Å². The lowest BCUT2D eigenvalue weighted by molar-refractivity contribution is -0.122. The van der Waals surface area contributed by atoms with Gasteiger partial charge >= 0.3 is 6.03 Å². The van der Waals surface area contributed by atoms with Gasteiger partial charge in [0.15, 0.2) is 0 Å². The van der Waals surface area contributed by atoms with Crippen molar-refractivity contribution in [3.63, 3.8) is 0 Å². The number of hydrogen-bond acceptors (Lipinski definition) is 5. The molecule has 4 aromatic carbocycles. The summed E-state index contributed by atoms with van der Waals surface area (Å²) in [5, 5.41) is 2.27. The third kappa shape index (κ3) is 6.73. The number of anilines is 1. The SMILES string of the molecule is Cc1ccc(COc2ccc(N3C(=O)NC(=O)/C(=C\c4cc(Br)ccc4OCc4cccc(C)c4)C3=O)cc2)cc1. The number of benzene rings is 4. The van der Waals surface area contributed by atoms with E-state index in [-0.39, 0.29) is 5.57 Å². The number of nitrogens with zero attached hydrogens (tertiary/aromatic N) is 1. The van der Waals surface area contributed by atoms with Gasteiger partial charge in [0, 0.05) is 10.0 Å². The van der Waals surface area contributed by atoms with E-state index in [0.717, 1.165) is 26.1 Å². The predicted octanol–water partition coefficient (Wildman–Crippen LogP) is 6.89. The Bertz CT molecular complexity index is 1650. The first kappa shape index (κ1) is 27.9. The molecule has 0 aliphatic carbocycles. The van der Waals surface area contributed by atoms with E-state index in [1.807, 2.05) is 68.4 Å². The molecule has 0 atom stereocenters. The van der Waals surface area contributed by atoms with Gasteiger partial charge in [-0.05, 0) is 73.5 Å². The Labute approximate surface area is 246 Å². The van der Waals surface area contributed by atoms with Crippen molar-refractivity contribution in [1.82, 2.24) is 5.32 Å². The molecule has 1 heterocycles. The van der Waals surface area contributed by atoms with Crippen LogP contribution in [0.2, 0.25) is 0 Å². The van der Waals surface area contributed by atoms with Gasteiger partial charge in [-0.25, -0.2) is 9.69 Å². The van der Waals surface area contributed by atoms with Crippen LogP contribution in [-0.2, 0) is 22.8 Å². The monoisotopic (exact) mass is 610 g/mol. The van der Waals surface area contributed by atoms with Crippen LogP contribution in [0.5, 0.6) is 11.5 Å². The summed E-state index contributed by atoms with van der Waals surface area (Å²) in [6, 6.07) is 27.0. The largest absolute Gasteiger partial charge is 0.489 e. The molecule has 4 amide bonds. The Morgan fingerprint density at radius 1 is 0.780 bits per heavy atom. The molecule has 0 spiro atoms. The smallest absolute Gasteiger partial charge is 0.335 e. The number of halogens is 1. The zero-order valence-corrected chi connectivity index (χ0v) is 24.1. The van der Waals surface area contributed by atoms with Gasteiger partial charge in [0.25, 0.3) is 11.8 Å². The number of nitrogens with one attached hydrogen (secondary N) is 1. The summed E-state index contributed by atoms with van der Waals surface area (Å²) in [5.74, 6) is -0.451. The molecule has 41 heavy (non-hydrogen) atoms. The van der Waals surface area contributed by atoms with E-state index in [9.17, 15) is 14.4 Å². The Kier molecular flexibility index (Phi) is 8.31.